The van der Waals surface area contributed by atoms with Gasteiger partial charge in [-0.2, -0.15) is 0 Å². The molecule has 1 atom stereocenters. The fourth-order valence-electron chi connectivity index (χ4n) is 3.25. The highest BCUT2D eigenvalue weighted by Gasteiger charge is 2.22. The fraction of sp³-hybridized carbons (Fsp3) is 0.333. The zero-order valence-corrected chi connectivity index (χ0v) is 17.9. The summed E-state index contributed by atoms with van der Waals surface area (Å²) in [6.07, 6.45) is 2.86. The number of ether oxygens (including phenoxy) is 4. The number of benzene rings is 2. The van der Waals surface area contributed by atoms with Crippen LogP contribution < -0.4 is 19.5 Å². The van der Waals surface area contributed by atoms with E-state index >= 15 is 0 Å². The average Bonchev–Trinajstić information content (AvgIpc) is 2.79. The van der Waals surface area contributed by atoms with Gasteiger partial charge in [0.1, 0.15) is 19.0 Å². The molecule has 0 radical (unpaired) electrons. The lowest BCUT2D eigenvalue weighted by Gasteiger charge is -2.25. The first-order valence-corrected chi connectivity index (χ1v) is 10.1. The third-order valence-electron chi connectivity index (χ3n) is 4.79. The molecule has 0 saturated heterocycles. The van der Waals surface area contributed by atoms with Crippen LogP contribution in [-0.2, 0) is 14.3 Å². The summed E-state index contributed by atoms with van der Waals surface area (Å²) in [4.78, 5) is 24.4. The molecule has 0 fully saturated rings. The summed E-state index contributed by atoms with van der Waals surface area (Å²) in [6.45, 7) is 4.65. The third kappa shape index (κ3) is 6.01. The summed E-state index contributed by atoms with van der Waals surface area (Å²) in [7, 11) is 1.56. The molecule has 0 aromatic heterocycles. The summed E-state index contributed by atoms with van der Waals surface area (Å²) >= 11 is 0. The van der Waals surface area contributed by atoms with E-state index in [0.717, 1.165) is 11.1 Å². The highest BCUT2D eigenvalue weighted by atomic mass is 16.6. The minimum Gasteiger partial charge on any atom is -0.496 e. The van der Waals surface area contributed by atoms with Gasteiger partial charge >= 0.3 is 5.97 Å². The zero-order valence-electron chi connectivity index (χ0n) is 17.9. The molecule has 0 unspecified atom stereocenters. The Morgan fingerprint density at radius 1 is 1.10 bits per heavy atom. The van der Waals surface area contributed by atoms with Crippen LogP contribution in [0.3, 0.4) is 0 Å². The van der Waals surface area contributed by atoms with Gasteiger partial charge in [0.15, 0.2) is 18.1 Å². The van der Waals surface area contributed by atoms with E-state index in [0.29, 0.717) is 30.5 Å². The Morgan fingerprint density at radius 2 is 1.84 bits per heavy atom. The number of para-hydroxylation sites is 1. The van der Waals surface area contributed by atoms with Crippen molar-refractivity contribution in [2.45, 2.75) is 19.9 Å². The summed E-state index contributed by atoms with van der Waals surface area (Å²) in [6, 6.07) is 12.6. The molecule has 31 heavy (non-hydrogen) atoms. The molecule has 1 amide bonds. The lowest BCUT2D eigenvalue weighted by Crippen LogP contribution is -2.35. The summed E-state index contributed by atoms with van der Waals surface area (Å²) < 4.78 is 21.5. The minimum atomic E-state index is -0.610. The smallest absolute Gasteiger partial charge is 0.331 e. The third-order valence-corrected chi connectivity index (χ3v) is 4.79. The van der Waals surface area contributed by atoms with Gasteiger partial charge < -0.3 is 24.3 Å². The molecule has 1 N–H and O–H groups in total. The molecule has 164 valence electrons. The molecule has 7 nitrogen and oxygen atoms in total. The Balaban J connectivity index is 1.57. The maximum absolute atomic E-state index is 12.4. The molecular weight excluding hydrogens is 398 g/mol. The van der Waals surface area contributed by atoms with Crippen molar-refractivity contribution in [3.63, 3.8) is 0 Å². The van der Waals surface area contributed by atoms with Gasteiger partial charge in [0, 0.05) is 11.6 Å². The SMILES string of the molecule is COc1ccccc1/C=C/C(=O)OCC(=O)N[C@@H](c1ccc2c(c1)OCCO2)C(C)C. The van der Waals surface area contributed by atoms with Crippen molar-refractivity contribution >= 4 is 18.0 Å². The molecule has 0 saturated carbocycles. The Kier molecular flexibility index (Phi) is 7.54. The summed E-state index contributed by atoms with van der Waals surface area (Å²) in [5, 5.41) is 2.93. The second-order valence-corrected chi connectivity index (χ2v) is 7.38. The van der Waals surface area contributed by atoms with Crippen LogP contribution in [-0.4, -0.2) is 38.8 Å². The van der Waals surface area contributed by atoms with Gasteiger partial charge in [-0.05, 0) is 35.8 Å². The van der Waals surface area contributed by atoms with E-state index in [1.54, 1.807) is 19.3 Å². The maximum Gasteiger partial charge on any atom is 0.331 e. The van der Waals surface area contributed by atoms with Crippen molar-refractivity contribution in [1.82, 2.24) is 5.32 Å². The Hall–Kier alpha value is -3.48. The Bertz CT molecular complexity index is 953. The minimum absolute atomic E-state index is 0.118. The van der Waals surface area contributed by atoms with Crippen LogP contribution in [0.2, 0.25) is 0 Å². The number of rotatable bonds is 8. The number of amides is 1. The van der Waals surface area contributed by atoms with Crippen molar-refractivity contribution in [3.05, 3.63) is 59.7 Å². The van der Waals surface area contributed by atoms with Crippen LogP contribution in [0, 0.1) is 5.92 Å². The van der Waals surface area contributed by atoms with E-state index in [2.05, 4.69) is 5.32 Å². The molecular formula is C24H27NO6. The molecule has 0 aliphatic carbocycles. The predicted molar refractivity (Wildman–Crippen MR) is 116 cm³/mol. The monoisotopic (exact) mass is 425 g/mol. The standard InChI is InChI=1S/C24H27NO6/c1-16(2)24(18-8-10-20-21(14-18)30-13-12-29-20)25-22(26)15-31-23(27)11-9-17-6-4-5-7-19(17)28-3/h4-11,14,16,24H,12-13,15H2,1-3H3,(H,25,26)/b11-9+/t24-/m1/s1. The van der Waals surface area contributed by atoms with E-state index < -0.39 is 5.97 Å². The topological polar surface area (TPSA) is 83.1 Å². The largest absolute Gasteiger partial charge is 0.496 e. The van der Waals surface area contributed by atoms with Gasteiger partial charge in [0.25, 0.3) is 5.91 Å². The first-order valence-electron chi connectivity index (χ1n) is 10.1. The second-order valence-electron chi connectivity index (χ2n) is 7.38. The lowest BCUT2D eigenvalue weighted by molar-refractivity contribution is -0.144. The molecule has 1 heterocycles. The first kappa shape index (κ1) is 22.2. The highest BCUT2D eigenvalue weighted by molar-refractivity contribution is 5.89. The molecule has 3 rings (SSSR count). The fourth-order valence-corrected chi connectivity index (χ4v) is 3.25. The van der Waals surface area contributed by atoms with Crippen LogP contribution >= 0.6 is 0 Å². The van der Waals surface area contributed by atoms with Gasteiger partial charge in [0.05, 0.1) is 13.2 Å². The number of hydrogen-bond acceptors (Lipinski definition) is 6. The van der Waals surface area contributed by atoms with Gasteiger partial charge in [0.2, 0.25) is 0 Å². The van der Waals surface area contributed by atoms with Crippen LogP contribution in [0.5, 0.6) is 17.2 Å². The van der Waals surface area contributed by atoms with Crippen LogP contribution in [0.1, 0.15) is 31.0 Å². The molecule has 7 heteroatoms. The number of carbonyl (C=O) groups excluding carboxylic acids is 2. The van der Waals surface area contributed by atoms with Gasteiger partial charge in [-0.3, -0.25) is 4.79 Å². The quantitative estimate of drug-likeness (QED) is 0.515. The molecule has 2 aromatic rings. The maximum atomic E-state index is 12.4. The summed E-state index contributed by atoms with van der Waals surface area (Å²) in [5.41, 5.74) is 1.64. The van der Waals surface area contributed by atoms with E-state index in [4.69, 9.17) is 18.9 Å². The Labute approximate surface area is 181 Å². The first-order chi connectivity index (χ1) is 15.0. The van der Waals surface area contributed by atoms with Crippen LogP contribution in [0.4, 0.5) is 0 Å². The zero-order chi connectivity index (χ0) is 22.2. The van der Waals surface area contributed by atoms with Crippen molar-refractivity contribution in [2.75, 3.05) is 26.9 Å². The Morgan fingerprint density at radius 3 is 2.58 bits per heavy atom. The lowest BCUT2D eigenvalue weighted by atomic mass is 9.95. The van der Waals surface area contributed by atoms with Crippen LogP contribution in [0.15, 0.2) is 48.5 Å². The molecule has 1 aliphatic rings. The van der Waals surface area contributed by atoms with E-state index in [9.17, 15) is 9.59 Å². The van der Waals surface area contributed by atoms with Gasteiger partial charge in [-0.1, -0.05) is 38.1 Å². The number of nitrogens with one attached hydrogen (secondary N) is 1. The number of hydrogen-bond donors (Lipinski definition) is 1. The van der Waals surface area contributed by atoms with Crippen molar-refractivity contribution in [1.29, 1.82) is 0 Å². The van der Waals surface area contributed by atoms with E-state index in [-0.39, 0.29) is 24.5 Å². The number of esters is 1. The number of methoxy groups -OCH3 is 1. The second kappa shape index (κ2) is 10.5. The van der Waals surface area contributed by atoms with Gasteiger partial charge in [-0.25, -0.2) is 4.79 Å². The summed E-state index contributed by atoms with van der Waals surface area (Å²) in [5.74, 6) is 1.13. The van der Waals surface area contributed by atoms with Crippen LogP contribution in [0.25, 0.3) is 6.08 Å². The highest BCUT2D eigenvalue weighted by Crippen LogP contribution is 2.34. The predicted octanol–water partition coefficient (Wildman–Crippen LogP) is 3.54. The molecule has 2 aromatic carbocycles. The number of fused-ring (bicyclic) bond motifs is 1. The number of carbonyl (C=O) groups is 2. The van der Waals surface area contributed by atoms with Crippen molar-refractivity contribution in [2.24, 2.45) is 5.92 Å². The van der Waals surface area contributed by atoms with Gasteiger partial charge in [-0.15, -0.1) is 0 Å². The van der Waals surface area contributed by atoms with E-state index in [1.807, 2.05) is 50.2 Å². The normalized spacial score (nSPS) is 13.7. The average molecular weight is 425 g/mol. The van der Waals surface area contributed by atoms with E-state index in [1.165, 1.54) is 6.08 Å². The van der Waals surface area contributed by atoms with Crippen molar-refractivity contribution in [3.8, 4) is 17.2 Å². The molecule has 1 aliphatic heterocycles. The molecule has 0 spiro atoms. The van der Waals surface area contributed by atoms with Crippen molar-refractivity contribution < 1.29 is 28.5 Å². The molecule has 0 bridgehead atoms.